The summed E-state index contributed by atoms with van der Waals surface area (Å²) < 4.78 is 12.0. The molecule has 0 saturated carbocycles. The van der Waals surface area contributed by atoms with Gasteiger partial charge in [0.2, 0.25) is 0 Å². The highest BCUT2D eigenvalue weighted by atomic mass is 35.5. The lowest BCUT2D eigenvalue weighted by Gasteiger charge is -2.18. The maximum Gasteiger partial charge on any atom is 0.325 e. The molecule has 0 bridgehead atoms. The quantitative estimate of drug-likeness (QED) is 0.302. The number of halogens is 1. The van der Waals surface area contributed by atoms with Crippen LogP contribution in [0.5, 0.6) is 5.75 Å². The molecule has 3 aromatic rings. The summed E-state index contributed by atoms with van der Waals surface area (Å²) in [6.07, 6.45) is 0. The zero-order valence-electron chi connectivity index (χ0n) is 20.0. The Morgan fingerprint density at radius 3 is 2.74 bits per heavy atom. The number of benzene rings is 2. The van der Waals surface area contributed by atoms with E-state index in [0.29, 0.717) is 21.8 Å². The van der Waals surface area contributed by atoms with Crippen LogP contribution in [0, 0.1) is 6.92 Å². The van der Waals surface area contributed by atoms with Gasteiger partial charge in [-0.1, -0.05) is 41.6 Å². The molecular weight excluding hydrogens is 490 g/mol. The fourth-order valence-corrected chi connectivity index (χ4v) is 4.35. The van der Waals surface area contributed by atoms with E-state index < -0.39 is 18.0 Å². The van der Waals surface area contributed by atoms with Gasteiger partial charge >= 0.3 is 12.0 Å². The van der Waals surface area contributed by atoms with Crippen molar-refractivity contribution in [2.75, 3.05) is 20.3 Å². The maximum atomic E-state index is 12.4. The van der Waals surface area contributed by atoms with Crippen molar-refractivity contribution in [1.82, 2.24) is 25.4 Å². The standard InChI is InChI=1S/C24H28ClN5O4S/c1-5-34-21(31)13-26-23(32)27-16(3)22-28-29-24(30(22)20-12-18(25)10-9-15(20)2)35-14-17-7-6-8-19(11-17)33-4/h6-12,16H,5,13-14H2,1-4H3,(H2,26,27,32). The lowest BCUT2D eigenvalue weighted by molar-refractivity contribution is -0.141. The number of thioether (sulfide) groups is 1. The van der Waals surface area contributed by atoms with Crippen molar-refractivity contribution in [1.29, 1.82) is 0 Å². The van der Waals surface area contributed by atoms with Gasteiger partial charge in [0.1, 0.15) is 12.3 Å². The van der Waals surface area contributed by atoms with E-state index in [2.05, 4.69) is 20.8 Å². The molecule has 0 radical (unpaired) electrons. The minimum absolute atomic E-state index is 0.228. The van der Waals surface area contributed by atoms with Gasteiger partial charge in [0.05, 0.1) is 25.4 Å². The fraction of sp³-hybridized carbons (Fsp3) is 0.333. The van der Waals surface area contributed by atoms with Crippen LogP contribution in [-0.2, 0) is 15.3 Å². The zero-order chi connectivity index (χ0) is 25.4. The van der Waals surface area contributed by atoms with Gasteiger partial charge in [0.25, 0.3) is 0 Å². The third-order valence-electron chi connectivity index (χ3n) is 5.01. The first-order valence-corrected chi connectivity index (χ1v) is 12.4. The number of urea groups is 1. The van der Waals surface area contributed by atoms with E-state index in [9.17, 15) is 9.59 Å². The molecule has 0 spiro atoms. The monoisotopic (exact) mass is 517 g/mol. The molecule has 35 heavy (non-hydrogen) atoms. The molecule has 3 rings (SSSR count). The van der Waals surface area contributed by atoms with Crippen molar-refractivity contribution in [2.24, 2.45) is 0 Å². The normalized spacial score (nSPS) is 11.6. The first kappa shape index (κ1) is 26.4. The van der Waals surface area contributed by atoms with Crippen LogP contribution in [0.4, 0.5) is 4.79 Å². The summed E-state index contributed by atoms with van der Waals surface area (Å²) in [7, 11) is 1.63. The number of methoxy groups -OCH3 is 1. The van der Waals surface area contributed by atoms with Crippen LogP contribution < -0.4 is 15.4 Å². The number of nitrogens with one attached hydrogen (secondary N) is 2. The number of hydrogen-bond acceptors (Lipinski definition) is 7. The second kappa shape index (κ2) is 12.5. The SMILES string of the molecule is CCOC(=O)CNC(=O)NC(C)c1nnc(SCc2cccc(OC)c2)n1-c1cc(Cl)ccc1C. The summed E-state index contributed by atoms with van der Waals surface area (Å²) in [6, 6.07) is 12.4. The van der Waals surface area contributed by atoms with Gasteiger partial charge < -0.3 is 20.1 Å². The van der Waals surface area contributed by atoms with E-state index in [1.54, 1.807) is 21.0 Å². The summed E-state index contributed by atoms with van der Waals surface area (Å²) >= 11 is 7.81. The number of rotatable bonds is 10. The van der Waals surface area contributed by atoms with Crippen molar-refractivity contribution < 1.29 is 19.1 Å². The van der Waals surface area contributed by atoms with Crippen LogP contribution >= 0.6 is 23.4 Å². The second-order valence-electron chi connectivity index (χ2n) is 7.60. The summed E-state index contributed by atoms with van der Waals surface area (Å²) in [6.45, 7) is 5.48. The van der Waals surface area contributed by atoms with E-state index in [-0.39, 0.29) is 13.2 Å². The highest BCUT2D eigenvalue weighted by molar-refractivity contribution is 7.98. The Bertz CT molecular complexity index is 1190. The molecular formula is C24H28ClN5O4S. The molecule has 1 heterocycles. The molecule has 1 aromatic heterocycles. The molecule has 0 aliphatic carbocycles. The first-order chi connectivity index (χ1) is 16.8. The summed E-state index contributed by atoms with van der Waals surface area (Å²) in [4.78, 5) is 23.9. The maximum absolute atomic E-state index is 12.4. The molecule has 2 aromatic carbocycles. The Morgan fingerprint density at radius 1 is 1.20 bits per heavy atom. The van der Waals surface area contributed by atoms with E-state index in [1.807, 2.05) is 54.0 Å². The van der Waals surface area contributed by atoms with Gasteiger partial charge in [0.15, 0.2) is 11.0 Å². The smallest absolute Gasteiger partial charge is 0.325 e. The van der Waals surface area contributed by atoms with Gasteiger partial charge in [-0.3, -0.25) is 9.36 Å². The molecule has 2 N–H and O–H groups in total. The molecule has 0 saturated heterocycles. The number of aryl methyl sites for hydroxylation is 1. The number of ether oxygens (including phenoxy) is 2. The highest BCUT2D eigenvalue weighted by Crippen LogP contribution is 2.31. The lowest BCUT2D eigenvalue weighted by atomic mass is 10.2. The second-order valence-corrected chi connectivity index (χ2v) is 8.98. The van der Waals surface area contributed by atoms with Crippen molar-refractivity contribution in [2.45, 2.75) is 37.7 Å². The Balaban J connectivity index is 1.85. The first-order valence-electron chi connectivity index (χ1n) is 11.0. The predicted molar refractivity (Wildman–Crippen MR) is 135 cm³/mol. The number of hydrogen-bond donors (Lipinski definition) is 2. The van der Waals surface area contributed by atoms with Crippen LogP contribution in [-0.4, -0.2) is 47.0 Å². The van der Waals surface area contributed by atoms with E-state index in [4.69, 9.17) is 21.1 Å². The van der Waals surface area contributed by atoms with E-state index in [0.717, 1.165) is 22.6 Å². The van der Waals surface area contributed by atoms with Crippen molar-refractivity contribution in [3.8, 4) is 11.4 Å². The number of amides is 2. The zero-order valence-corrected chi connectivity index (χ0v) is 21.6. The van der Waals surface area contributed by atoms with E-state index in [1.165, 1.54) is 11.8 Å². The average Bonchev–Trinajstić information content (AvgIpc) is 3.27. The number of carbonyl (C=O) groups excluding carboxylic acids is 2. The number of esters is 1. The minimum Gasteiger partial charge on any atom is -0.497 e. The Labute approximate surface area is 213 Å². The van der Waals surface area contributed by atoms with Crippen LogP contribution in [0.15, 0.2) is 47.6 Å². The summed E-state index contributed by atoms with van der Waals surface area (Å²) in [5.41, 5.74) is 2.85. The highest BCUT2D eigenvalue weighted by Gasteiger charge is 2.22. The Morgan fingerprint density at radius 2 is 2.00 bits per heavy atom. The van der Waals surface area contributed by atoms with Crippen LogP contribution in [0.3, 0.4) is 0 Å². The molecule has 9 nitrogen and oxygen atoms in total. The predicted octanol–water partition coefficient (Wildman–Crippen LogP) is 4.45. The summed E-state index contributed by atoms with van der Waals surface area (Å²) in [5, 5.41) is 15.3. The molecule has 1 atom stereocenters. The third-order valence-corrected chi connectivity index (χ3v) is 6.24. The van der Waals surface area contributed by atoms with Gasteiger partial charge in [-0.25, -0.2) is 4.79 Å². The number of carbonyl (C=O) groups is 2. The number of nitrogens with zero attached hydrogens (tertiary/aromatic N) is 3. The molecule has 186 valence electrons. The van der Waals surface area contributed by atoms with E-state index >= 15 is 0 Å². The summed E-state index contributed by atoms with van der Waals surface area (Å²) in [5.74, 6) is 1.43. The topological polar surface area (TPSA) is 107 Å². The Hall–Kier alpha value is -3.24. The molecule has 0 aliphatic heterocycles. The largest absolute Gasteiger partial charge is 0.497 e. The minimum atomic E-state index is -0.520. The van der Waals surface area contributed by atoms with Crippen LogP contribution in [0.1, 0.15) is 36.8 Å². The average molecular weight is 518 g/mol. The van der Waals surface area contributed by atoms with Crippen molar-refractivity contribution >= 4 is 35.4 Å². The van der Waals surface area contributed by atoms with Crippen molar-refractivity contribution in [3.63, 3.8) is 0 Å². The molecule has 2 amide bonds. The van der Waals surface area contributed by atoms with Crippen molar-refractivity contribution in [3.05, 3.63) is 64.4 Å². The van der Waals surface area contributed by atoms with Gasteiger partial charge in [-0.15, -0.1) is 10.2 Å². The molecule has 0 fully saturated rings. The van der Waals surface area contributed by atoms with Gasteiger partial charge in [0, 0.05) is 10.8 Å². The number of aromatic nitrogens is 3. The lowest BCUT2D eigenvalue weighted by Crippen LogP contribution is -2.40. The molecule has 11 heteroatoms. The third kappa shape index (κ3) is 7.12. The molecule has 0 aliphatic rings. The van der Waals surface area contributed by atoms with Crippen LogP contribution in [0.2, 0.25) is 5.02 Å². The van der Waals surface area contributed by atoms with Crippen LogP contribution in [0.25, 0.3) is 5.69 Å². The van der Waals surface area contributed by atoms with Gasteiger partial charge in [-0.2, -0.15) is 0 Å². The van der Waals surface area contributed by atoms with Gasteiger partial charge in [-0.05, 0) is 56.2 Å². The molecule has 1 unspecified atom stereocenters. The fourth-order valence-electron chi connectivity index (χ4n) is 3.29. The Kier molecular flexibility index (Phi) is 9.39.